The highest BCUT2D eigenvalue weighted by Gasteiger charge is 2.20. The normalized spacial score (nSPS) is 14.4. The van der Waals surface area contributed by atoms with Crippen LogP contribution in [0.5, 0.6) is 0 Å². The van der Waals surface area contributed by atoms with Crippen LogP contribution in [0.1, 0.15) is 10.4 Å². The number of fused-ring (bicyclic) bond motifs is 1. The minimum Gasteiger partial charge on any atom is -0.423 e. The summed E-state index contributed by atoms with van der Waals surface area (Å²) in [5.41, 5.74) is 1.20. The molecule has 3 heterocycles. The van der Waals surface area contributed by atoms with Crippen LogP contribution in [0.25, 0.3) is 11.0 Å². The number of hydrogen-bond donors (Lipinski definition) is 1. The van der Waals surface area contributed by atoms with E-state index >= 15 is 0 Å². The summed E-state index contributed by atoms with van der Waals surface area (Å²) >= 11 is 0. The Hall–Kier alpha value is -3.19. The van der Waals surface area contributed by atoms with E-state index in [1.807, 2.05) is 4.90 Å². The molecule has 1 fully saturated rings. The molecule has 2 aromatic heterocycles. The molecule has 4 rings (SSSR count). The van der Waals surface area contributed by atoms with Crippen LogP contribution < -0.4 is 15.8 Å². The fourth-order valence-electron chi connectivity index (χ4n) is 2.95. The predicted octanol–water partition coefficient (Wildman–Crippen LogP) is 2.28. The van der Waals surface area contributed by atoms with Crippen molar-refractivity contribution in [1.29, 1.82) is 0 Å². The fourth-order valence-corrected chi connectivity index (χ4v) is 2.95. The summed E-state index contributed by atoms with van der Waals surface area (Å²) in [7, 11) is 0. The maximum Gasteiger partial charge on any atom is 0.336 e. The van der Waals surface area contributed by atoms with Crippen molar-refractivity contribution in [3.8, 4) is 0 Å². The van der Waals surface area contributed by atoms with Gasteiger partial charge in [-0.1, -0.05) is 0 Å². The Balaban J connectivity index is 1.60. The van der Waals surface area contributed by atoms with Gasteiger partial charge in [-0.3, -0.25) is 4.79 Å². The van der Waals surface area contributed by atoms with Gasteiger partial charge in [-0.15, -0.1) is 0 Å². The number of benzene rings is 1. The molecule has 1 N–H and O–H groups in total. The van der Waals surface area contributed by atoms with E-state index in [-0.39, 0.29) is 5.91 Å². The average molecular weight is 351 g/mol. The molecule has 26 heavy (non-hydrogen) atoms. The first-order valence-electron chi connectivity index (χ1n) is 8.34. The van der Waals surface area contributed by atoms with Crippen LogP contribution in [0.3, 0.4) is 0 Å². The Morgan fingerprint density at radius 1 is 1.12 bits per heavy atom. The molecule has 0 bridgehead atoms. The van der Waals surface area contributed by atoms with Gasteiger partial charge in [0.25, 0.3) is 5.91 Å². The summed E-state index contributed by atoms with van der Waals surface area (Å²) in [6.07, 6.45) is 1.68. The van der Waals surface area contributed by atoms with E-state index in [0.29, 0.717) is 49.0 Å². The molecule has 1 amide bonds. The average Bonchev–Trinajstić information content (AvgIpc) is 2.69. The Kier molecular flexibility index (Phi) is 4.37. The number of pyridine rings is 1. The molecule has 1 aliphatic heterocycles. The smallest absolute Gasteiger partial charge is 0.336 e. The van der Waals surface area contributed by atoms with E-state index in [1.165, 1.54) is 6.07 Å². The number of carbonyl (C=O) groups is 1. The summed E-state index contributed by atoms with van der Waals surface area (Å²) in [6, 6.07) is 11.7. The van der Waals surface area contributed by atoms with Gasteiger partial charge in [0, 0.05) is 36.4 Å². The molecule has 0 unspecified atom stereocenters. The zero-order chi connectivity index (χ0) is 17.9. The number of morpholine rings is 1. The molecular weight excluding hydrogens is 334 g/mol. The van der Waals surface area contributed by atoms with E-state index in [1.54, 1.807) is 42.6 Å². The summed E-state index contributed by atoms with van der Waals surface area (Å²) in [5.74, 6) is 0.413. The summed E-state index contributed by atoms with van der Waals surface area (Å²) in [5, 5.41) is 3.63. The second-order valence-electron chi connectivity index (χ2n) is 5.94. The minimum absolute atomic E-state index is 0.240. The van der Waals surface area contributed by atoms with Crippen molar-refractivity contribution in [3.63, 3.8) is 0 Å². The maximum absolute atomic E-state index is 12.8. The third kappa shape index (κ3) is 3.29. The van der Waals surface area contributed by atoms with Crippen LogP contribution in [-0.4, -0.2) is 37.2 Å². The topological polar surface area (TPSA) is 84.7 Å². The van der Waals surface area contributed by atoms with Crippen LogP contribution >= 0.6 is 0 Å². The highest BCUT2D eigenvalue weighted by atomic mass is 16.5. The van der Waals surface area contributed by atoms with Crippen LogP contribution in [0, 0.1) is 0 Å². The van der Waals surface area contributed by atoms with E-state index < -0.39 is 5.63 Å². The number of ether oxygens (including phenoxy) is 1. The molecule has 1 saturated heterocycles. The maximum atomic E-state index is 12.8. The molecule has 7 nitrogen and oxygen atoms in total. The zero-order valence-electron chi connectivity index (χ0n) is 14.0. The molecule has 0 atom stereocenters. The van der Waals surface area contributed by atoms with E-state index in [2.05, 4.69) is 10.3 Å². The highest BCUT2D eigenvalue weighted by Crippen LogP contribution is 2.22. The summed E-state index contributed by atoms with van der Waals surface area (Å²) < 4.78 is 10.5. The molecular formula is C19H17N3O4. The number of anilines is 2. The van der Waals surface area contributed by atoms with Crippen LogP contribution in [-0.2, 0) is 4.74 Å². The number of amides is 1. The third-order valence-corrected chi connectivity index (χ3v) is 4.22. The summed E-state index contributed by atoms with van der Waals surface area (Å²) in [6.45, 7) is 2.64. The van der Waals surface area contributed by atoms with Crippen molar-refractivity contribution < 1.29 is 13.9 Å². The monoisotopic (exact) mass is 351 g/mol. The number of rotatable bonds is 3. The first-order chi connectivity index (χ1) is 12.7. The lowest BCUT2D eigenvalue weighted by Gasteiger charge is -2.29. The molecule has 1 aromatic carbocycles. The van der Waals surface area contributed by atoms with Crippen LogP contribution in [0.15, 0.2) is 57.9 Å². The van der Waals surface area contributed by atoms with Gasteiger partial charge in [0.1, 0.15) is 11.4 Å². The zero-order valence-corrected chi connectivity index (χ0v) is 14.0. The van der Waals surface area contributed by atoms with Crippen molar-refractivity contribution in [2.75, 3.05) is 36.5 Å². The number of carbonyl (C=O) groups excluding carboxylic acids is 1. The molecule has 0 aliphatic carbocycles. The number of nitrogens with zero attached hydrogens (tertiary/aromatic N) is 2. The quantitative estimate of drug-likeness (QED) is 0.729. The van der Waals surface area contributed by atoms with Gasteiger partial charge in [0.15, 0.2) is 0 Å². The Labute approximate surface area is 149 Å². The first-order valence-corrected chi connectivity index (χ1v) is 8.34. The van der Waals surface area contributed by atoms with Gasteiger partial charge in [-0.25, -0.2) is 9.78 Å². The number of nitrogens with one attached hydrogen (secondary N) is 1. The van der Waals surface area contributed by atoms with E-state index in [4.69, 9.17) is 9.15 Å². The van der Waals surface area contributed by atoms with Crippen molar-refractivity contribution in [3.05, 3.63) is 64.6 Å². The standard InChI is InChI=1S/C19H17N3O4/c23-17-6-3-13-12-14(4-5-16(13)26-17)21-19(24)15-2-1-7-20-18(15)22-8-10-25-11-9-22/h1-7,12H,8-11H2,(H,21,24). The Bertz CT molecular complexity index is 1010. The molecule has 0 spiro atoms. The molecule has 7 heteroatoms. The summed E-state index contributed by atoms with van der Waals surface area (Å²) in [4.78, 5) is 30.5. The van der Waals surface area contributed by atoms with Gasteiger partial charge in [-0.2, -0.15) is 0 Å². The van der Waals surface area contributed by atoms with E-state index in [9.17, 15) is 9.59 Å². The lowest BCUT2D eigenvalue weighted by molar-refractivity contribution is 0.102. The molecule has 3 aromatic rings. The van der Waals surface area contributed by atoms with Gasteiger partial charge in [0.2, 0.25) is 0 Å². The van der Waals surface area contributed by atoms with Gasteiger partial charge in [0.05, 0.1) is 18.8 Å². The SMILES string of the molecule is O=C(Nc1ccc2oc(=O)ccc2c1)c1cccnc1N1CCOCC1. The van der Waals surface area contributed by atoms with Gasteiger partial charge >= 0.3 is 5.63 Å². The second kappa shape index (κ2) is 6.97. The number of aromatic nitrogens is 1. The molecule has 0 saturated carbocycles. The minimum atomic E-state index is -0.403. The van der Waals surface area contributed by atoms with Crippen molar-refractivity contribution in [2.45, 2.75) is 0 Å². The van der Waals surface area contributed by atoms with Crippen molar-refractivity contribution in [1.82, 2.24) is 4.98 Å². The predicted molar refractivity (Wildman–Crippen MR) is 97.7 cm³/mol. The van der Waals surface area contributed by atoms with Crippen molar-refractivity contribution >= 4 is 28.4 Å². The van der Waals surface area contributed by atoms with E-state index in [0.717, 1.165) is 5.39 Å². The Morgan fingerprint density at radius 2 is 1.96 bits per heavy atom. The molecule has 0 radical (unpaired) electrons. The lowest BCUT2D eigenvalue weighted by atomic mass is 10.2. The van der Waals surface area contributed by atoms with Crippen LogP contribution in [0.2, 0.25) is 0 Å². The first kappa shape index (κ1) is 16.3. The highest BCUT2D eigenvalue weighted by molar-refractivity contribution is 6.08. The van der Waals surface area contributed by atoms with Crippen LogP contribution in [0.4, 0.5) is 11.5 Å². The Morgan fingerprint density at radius 3 is 2.81 bits per heavy atom. The third-order valence-electron chi connectivity index (χ3n) is 4.22. The van der Waals surface area contributed by atoms with Gasteiger partial charge in [-0.05, 0) is 36.4 Å². The molecule has 1 aliphatic rings. The second-order valence-corrected chi connectivity index (χ2v) is 5.94. The van der Waals surface area contributed by atoms with Gasteiger partial charge < -0.3 is 19.4 Å². The number of hydrogen-bond acceptors (Lipinski definition) is 6. The lowest BCUT2D eigenvalue weighted by Crippen LogP contribution is -2.38. The largest absolute Gasteiger partial charge is 0.423 e. The fraction of sp³-hybridized carbons (Fsp3) is 0.211. The van der Waals surface area contributed by atoms with Crippen molar-refractivity contribution in [2.24, 2.45) is 0 Å². The molecule has 132 valence electrons.